The number of thiazole rings is 1. The molecule has 100 valence electrons. The Morgan fingerprint density at radius 1 is 1.37 bits per heavy atom. The molecule has 1 aliphatic rings. The lowest BCUT2D eigenvalue weighted by Gasteiger charge is -2.39. The van der Waals surface area contributed by atoms with E-state index in [1.807, 2.05) is 12.1 Å². The predicted molar refractivity (Wildman–Crippen MR) is 81.5 cm³/mol. The number of benzene rings is 1. The molecule has 0 spiro atoms. The number of hydrogen-bond acceptors (Lipinski definition) is 4. The second-order valence-electron chi connectivity index (χ2n) is 4.92. The van der Waals surface area contributed by atoms with Crippen LogP contribution in [-0.4, -0.2) is 24.7 Å². The van der Waals surface area contributed by atoms with Crippen molar-refractivity contribution in [1.29, 1.82) is 0 Å². The molecule has 1 aromatic heterocycles. The SMILES string of the molecule is Cc1nc(-c2ccc(Br)cc2)sc1C1(CN)COC1. The average Bonchev–Trinajstić information content (AvgIpc) is 2.73. The van der Waals surface area contributed by atoms with E-state index in [0.29, 0.717) is 19.8 Å². The number of aryl methyl sites for hydroxylation is 1. The van der Waals surface area contributed by atoms with Crippen LogP contribution in [-0.2, 0) is 10.2 Å². The Hall–Kier alpha value is -0.750. The number of halogens is 1. The highest BCUT2D eigenvalue weighted by Crippen LogP contribution is 2.40. The van der Waals surface area contributed by atoms with E-state index >= 15 is 0 Å². The lowest BCUT2D eigenvalue weighted by atomic mass is 9.83. The van der Waals surface area contributed by atoms with Gasteiger partial charge in [-0.1, -0.05) is 28.1 Å². The number of ether oxygens (including phenoxy) is 1. The van der Waals surface area contributed by atoms with Crippen molar-refractivity contribution in [1.82, 2.24) is 4.98 Å². The molecular weight excluding hydrogens is 324 g/mol. The van der Waals surface area contributed by atoms with Crippen LogP contribution in [0.1, 0.15) is 10.6 Å². The van der Waals surface area contributed by atoms with Crippen molar-refractivity contribution in [3.8, 4) is 10.6 Å². The Kier molecular flexibility index (Phi) is 3.47. The minimum atomic E-state index is -0.00460. The number of nitrogens with zero attached hydrogens (tertiary/aromatic N) is 1. The first-order valence-electron chi connectivity index (χ1n) is 6.16. The highest BCUT2D eigenvalue weighted by molar-refractivity contribution is 9.10. The Balaban J connectivity index is 1.99. The van der Waals surface area contributed by atoms with E-state index in [0.717, 1.165) is 20.7 Å². The van der Waals surface area contributed by atoms with Crippen molar-refractivity contribution in [2.45, 2.75) is 12.3 Å². The maximum absolute atomic E-state index is 5.93. The molecule has 0 atom stereocenters. The topological polar surface area (TPSA) is 48.1 Å². The molecule has 5 heteroatoms. The Morgan fingerprint density at radius 2 is 2.05 bits per heavy atom. The highest BCUT2D eigenvalue weighted by Gasteiger charge is 2.42. The third-order valence-electron chi connectivity index (χ3n) is 3.52. The monoisotopic (exact) mass is 338 g/mol. The number of nitrogens with two attached hydrogens (primary N) is 1. The fraction of sp³-hybridized carbons (Fsp3) is 0.357. The van der Waals surface area contributed by atoms with Crippen molar-refractivity contribution in [3.63, 3.8) is 0 Å². The van der Waals surface area contributed by atoms with Crippen molar-refractivity contribution in [3.05, 3.63) is 39.3 Å². The molecule has 0 unspecified atom stereocenters. The lowest BCUT2D eigenvalue weighted by molar-refractivity contribution is -0.0535. The molecule has 2 N–H and O–H groups in total. The van der Waals surface area contributed by atoms with E-state index in [1.54, 1.807) is 11.3 Å². The van der Waals surface area contributed by atoms with Gasteiger partial charge in [-0.05, 0) is 19.1 Å². The second kappa shape index (κ2) is 4.98. The molecule has 1 fully saturated rings. The molecule has 1 aromatic carbocycles. The van der Waals surface area contributed by atoms with Gasteiger partial charge in [-0.2, -0.15) is 0 Å². The van der Waals surface area contributed by atoms with Gasteiger partial charge in [0.05, 0.1) is 24.3 Å². The molecule has 1 saturated heterocycles. The Labute approximate surface area is 124 Å². The van der Waals surface area contributed by atoms with Crippen LogP contribution < -0.4 is 5.73 Å². The van der Waals surface area contributed by atoms with Crippen LogP contribution in [0.3, 0.4) is 0 Å². The summed E-state index contributed by atoms with van der Waals surface area (Å²) in [5.74, 6) is 0. The van der Waals surface area contributed by atoms with Crippen molar-refractivity contribution >= 4 is 27.3 Å². The molecule has 0 amide bonds. The van der Waals surface area contributed by atoms with Gasteiger partial charge in [0.25, 0.3) is 0 Å². The molecule has 3 rings (SSSR count). The standard InChI is InChI=1S/C14H15BrN2OS/c1-9-12(14(6-16)7-18-8-14)19-13(17-9)10-2-4-11(15)5-3-10/h2-5H,6-8,16H2,1H3. The summed E-state index contributed by atoms with van der Waals surface area (Å²) in [6.07, 6.45) is 0. The van der Waals surface area contributed by atoms with Crippen molar-refractivity contribution in [2.75, 3.05) is 19.8 Å². The summed E-state index contributed by atoms with van der Waals surface area (Å²) in [7, 11) is 0. The predicted octanol–water partition coefficient (Wildman–Crippen LogP) is 3.11. The maximum Gasteiger partial charge on any atom is 0.123 e. The van der Waals surface area contributed by atoms with Crippen molar-refractivity contribution in [2.24, 2.45) is 5.73 Å². The van der Waals surface area contributed by atoms with Gasteiger partial charge in [0, 0.05) is 21.5 Å². The lowest BCUT2D eigenvalue weighted by Crippen LogP contribution is -2.52. The van der Waals surface area contributed by atoms with Crippen LogP contribution >= 0.6 is 27.3 Å². The minimum Gasteiger partial charge on any atom is -0.379 e. The highest BCUT2D eigenvalue weighted by atomic mass is 79.9. The number of rotatable bonds is 3. The summed E-state index contributed by atoms with van der Waals surface area (Å²) in [4.78, 5) is 5.98. The van der Waals surface area contributed by atoms with Gasteiger partial charge in [-0.3, -0.25) is 0 Å². The molecule has 1 aliphatic heterocycles. The normalized spacial score (nSPS) is 17.2. The first-order valence-corrected chi connectivity index (χ1v) is 7.77. The van der Waals surface area contributed by atoms with Gasteiger partial charge in [0.1, 0.15) is 5.01 Å². The molecule has 19 heavy (non-hydrogen) atoms. The summed E-state index contributed by atoms with van der Waals surface area (Å²) in [5, 5.41) is 1.06. The summed E-state index contributed by atoms with van der Waals surface area (Å²) in [6.45, 7) is 4.11. The van der Waals surface area contributed by atoms with Gasteiger partial charge < -0.3 is 10.5 Å². The quantitative estimate of drug-likeness (QED) is 0.935. The van der Waals surface area contributed by atoms with Gasteiger partial charge in [0.15, 0.2) is 0 Å². The largest absolute Gasteiger partial charge is 0.379 e. The molecule has 0 saturated carbocycles. The van der Waals surface area contributed by atoms with Gasteiger partial charge >= 0.3 is 0 Å². The molecule has 2 aromatic rings. The van der Waals surface area contributed by atoms with E-state index in [1.165, 1.54) is 4.88 Å². The third-order valence-corrected chi connectivity index (χ3v) is 5.50. The van der Waals surface area contributed by atoms with Crippen LogP contribution in [0.2, 0.25) is 0 Å². The molecule has 0 bridgehead atoms. The summed E-state index contributed by atoms with van der Waals surface area (Å²) in [5.41, 5.74) is 8.15. The molecule has 3 nitrogen and oxygen atoms in total. The molecule has 0 radical (unpaired) electrons. The van der Waals surface area contributed by atoms with Crippen molar-refractivity contribution < 1.29 is 4.74 Å². The Bertz CT molecular complexity index is 584. The average molecular weight is 339 g/mol. The first kappa shape index (κ1) is 13.2. The summed E-state index contributed by atoms with van der Waals surface area (Å²) in [6, 6.07) is 8.24. The van der Waals surface area contributed by atoms with Crippen LogP contribution in [0, 0.1) is 6.92 Å². The van der Waals surface area contributed by atoms with E-state index in [9.17, 15) is 0 Å². The first-order chi connectivity index (χ1) is 9.14. The number of hydrogen-bond donors (Lipinski definition) is 1. The molecule has 2 heterocycles. The zero-order valence-corrected chi connectivity index (χ0v) is 13.1. The Morgan fingerprint density at radius 3 is 2.58 bits per heavy atom. The van der Waals surface area contributed by atoms with Crippen LogP contribution in [0.15, 0.2) is 28.7 Å². The van der Waals surface area contributed by atoms with Gasteiger partial charge in [-0.15, -0.1) is 11.3 Å². The van der Waals surface area contributed by atoms with E-state index < -0.39 is 0 Å². The number of aromatic nitrogens is 1. The van der Waals surface area contributed by atoms with Gasteiger partial charge in [-0.25, -0.2) is 4.98 Å². The second-order valence-corrected chi connectivity index (χ2v) is 6.83. The minimum absolute atomic E-state index is 0.00460. The van der Waals surface area contributed by atoms with Crippen LogP contribution in [0.4, 0.5) is 0 Å². The maximum atomic E-state index is 5.93. The molecule has 0 aliphatic carbocycles. The fourth-order valence-corrected chi connectivity index (χ4v) is 3.80. The van der Waals surface area contributed by atoms with E-state index in [-0.39, 0.29) is 5.41 Å². The van der Waals surface area contributed by atoms with E-state index in [2.05, 4.69) is 35.0 Å². The molecular formula is C14H15BrN2OS. The zero-order valence-electron chi connectivity index (χ0n) is 10.6. The summed E-state index contributed by atoms with van der Waals surface area (Å²) >= 11 is 5.19. The zero-order chi connectivity index (χ0) is 13.5. The smallest absolute Gasteiger partial charge is 0.123 e. The van der Waals surface area contributed by atoms with E-state index in [4.69, 9.17) is 15.5 Å². The van der Waals surface area contributed by atoms with Crippen LogP contribution in [0.5, 0.6) is 0 Å². The van der Waals surface area contributed by atoms with Crippen LogP contribution in [0.25, 0.3) is 10.6 Å². The fourth-order valence-electron chi connectivity index (χ4n) is 2.29. The third kappa shape index (κ3) is 2.25. The van der Waals surface area contributed by atoms with Gasteiger partial charge in [0.2, 0.25) is 0 Å². The summed E-state index contributed by atoms with van der Waals surface area (Å²) < 4.78 is 6.44.